The van der Waals surface area contributed by atoms with Crippen molar-refractivity contribution in [2.45, 2.75) is 70.6 Å². The highest BCUT2D eigenvalue weighted by molar-refractivity contribution is 6.31. The number of aliphatic hydroxyl groups excluding tert-OH is 6. The third kappa shape index (κ3) is 7.51. The van der Waals surface area contributed by atoms with Gasteiger partial charge < -0.3 is 50.0 Å². The first-order valence-corrected chi connectivity index (χ1v) is 17.7. The van der Waals surface area contributed by atoms with Gasteiger partial charge in [0.15, 0.2) is 17.9 Å². The maximum atomic E-state index is 14.8. The highest BCUT2D eigenvalue weighted by Crippen LogP contribution is 2.45. The van der Waals surface area contributed by atoms with Gasteiger partial charge >= 0.3 is 5.97 Å². The third-order valence-electron chi connectivity index (χ3n) is 9.91. The van der Waals surface area contributed by atoms with Crippen molar-refractivity contribution < 1.29 is 69.1 Å². The van der Waals surface area contributed by atoms with Crippen LogP contribution in [0.2, 0.25) is 0 Å². The van der Waals surface area contributed by atoms with Crippen LogP contribution in [-0.2, 0) is 35.6 Å². The van der Waals surface area contributed by atoms with Crippen LogP contribution in [0.25, 0.3) is 12.2 Å². The lowest BCUT2D eigenvalue weighted by atomic mass is 9.77. The van der Waals surface area contributed by atoms with Crippen molar-refractivity contribution in [3.05, 3.63) is 121 Å². The number of carbonyl (C=O) groups excluding carboxylic acids is 4. The fraction of sp³-hybridized carbons (Fsp3) is 0.286. The van der Waals surface area contributed by atoms with Crippen LogP contribution >= 0.6 is 0 Å². The van der Waals surface area contributed by atoms with E-state index in [1.807, 2.05) is 6.07 Å². The highest BCUT2D eigenvalue weighted by Gasteiger charge is 2.44. The van der Waals surface area contributed by atoms with E-state index in [0.717, 1.165) is 18.6 Å². The first kappa shape index (κ1) is 40.1. The Morgan fingerprint density at radius 2 is 1.52 bits per heavy atom. The number of benzene rings is 4. The SMILES string of the molecule is CC(=O)Oc1cc(CO)c2c(c1C=Cc1cccc(CCO)c1)C(=O)c1cc(O[C@H]3O[C@H](C)[C@@H](O)[C@@H](O)[C@H]3O)c(Cc3cccc(CO)c3C=O)c(O)c1C2=O. The zero-order valence-electron chi connectivity index (χ0n) is 30.3. The lowest BCUT2D eigenvalue weighted by molar-refractivity contribution is -0.268. The van der Waals surface area contributed by atoms with E-state index >= 15 is 0 Å². The first-order chi connectivity index (χ1) is 26.8. The second kappa shape index (κ2) is 16.6. The Labute approximate surface area is 320 Å². The summed E-state index contributed by atoms with van der Waals surface area (Å²) in [6, 6.07) is 14.2. The Morgan fingerprint density at radius 3 is 2.20 bits per heavy atom. The molecule has 0 unspecified atom stereocenters. The van der Waals surface area contributed by atoms with Crippen molar-refractivity contribution in [2.75, 3.05) is 6.61 Å². The number of aromatic hydroxyl groups is 1. The number of esters is 1. The predicted molar refractivity (Wildman–Crippen MR) is 198 cm³/mol. The van der Waals surface area contributed by atoms with Crippen LogP contribution < -0.4 is 9.47 Å². The summed E-state index contributed by atoms with van der Waals surface area (Å²) in [5.74, 6) is -3.66. The molecule has 292 valence electrons. The average Bonchev–Trinajstić information content (AvgIpc) is 3.18. The largest absolute Gasteiger partial charge is 0.507 e. The van der Waals surface area contributed by atoms with Gasteiger partial charge in [-0.25, -0.2) is 0 Å². The van der Waals surface area contributed by atoms with Crippen molar-refractivity contribution in [1.82, 2.24) is 0 Å². The summed E-state index contributed by atoms with van der Waals surface area (Å²) in [6.45, 7) is 1.22. The van der Waals surface area contributed by atoms with Gasteiger partial charge in [-0.1, -0.05) is 48.5 Å². The third-order valence-corrected chi connectivity index (χ3v) is 9.91. The molecule has 2 aliphatic rings. The van der Waals surface area contributed by atoms with Gasteiger partial charge in [-0.3, -0.25) is 19.2 Å². The lowest BCUT2D eigenvalue weighted by Gasteiger charge is -2.39. The summed E-state index contributed by atoms with van der Waals surface area (Å²) in [5.41, 5.74) is 0.524. The lowest BCUT2D eigenvalue weighted by Crippen LogP contribution is -2.58. The number of fused-ring (bicyclic) bond motifs is 2. The molecule has 1 saturated heterocycles. The smallest absolute Gasteiger partial charge is 0.308 e. The highest BCUT2D eigenvalue weighted by atomic mass is 16.7. The molecule has 14 heteroatoms. The minimum Gasteiger partial charge on any atom is -0.507 e. The summed E-state index contributed by atoms with van der Waals surface area (Å²) in [6.07, 6.45) is -4.06. The Kier molecular flexibility index (Phi) is 11.9. The molecule has 0 amide bonds. The number of phenolic OH excluding ortho intramolecular Hbond substituents is 1. The van der Waals surface area contributed by atoms with Crippen LogP contribution in [-0.4, -0.2) is 96.9 Å². The molecule has 0 spiro atoms. The first-order valence-electron chi connectivity index (χ1n) is 17.7. The summed E-state index contributed by atoms with van der Waals surface area (Å²) >= 11 is 0. The Bertz CT molecular complexity index is 2240. The van der Waals surface area contributed by atoms with Crippen LogP contribution in [0, 0.1) is 0 Å². The molecule has 14 nitrogen and oxygen atoms in total. The normalized spacial score (nSPS) is 20.5. The molecule has 1 aliphatic heterocycles. The van der Waals surface area contributed by atoms with Crippen molar-refractivity contribution in [3.63, 3.8) is 0 Å². The second-order valence-corrected chi connectivity index (χ2v) is 13.5. The van der Waals surface area contributed by atoms with E-state index in [-0.39, 0.29) is 74.6 Å². The maximum absolute atomic E-state index is 14.8. The van der Waals surface area contributed by atoms with Crippen LogP contribution in [0.15, 0.2) is 54.6 Å². The number of aliphatic hydroxyl groups is 6. The molecule has 1 heterocycles. The number of carbonyl (C=O) groups is 4. The Hall–Kier alpha value is -5.58. The number of aldehydes is 1. The molecule has 56 heavy (non-hydrogen) atoms. The van der Waals surface area contributed by atoms with Crippen LogP contribution in [0.3, 0.4) is 0 Å². The maximum Gasteiger partial charge on any atom is 0.308 e. The molecule has 0 saturated carbocycles. The molecule has 1 aliphatic carbocycles. The van der Waals surface area contributed by atoms with Crippen LogP contribution in [0.1, 0.15) is 95.0 Å². The van der Waals surface area contributed by atoms with Gasteiger partial charge in [0.2, 0.25) is 6.29 Å². The van der Waals surface area contributed by atoms with E-state index in [1.165, 1.54) is 25.1 Å². The van der Waals surface area contributed by atoms with Gasteiger partial charge in [-0.05, 0) is 59.4 Å². The number of ether oxygens (including phenoxy) is 3. The van der Waals surface area contributed by atoms with Gasteiger partial charge in [-0.2, -0.15) is 0 Å². The molecular weight excluding hydrogens is 728 g/mol. The summed E-state index contributed by atoms with van der Waals surface area (Å²) in [7, 11) is 0. The van der Waals surface area contributed by atoms with E-state index in [1.54, 1.807) is 36.4 Å². The summed E-state index contributed by atoms with van der Waals surface area (Å²) in [4.78, 5) is 53.8. The fourth-order valence-electron chi connectivity index (χ4n) is 7.08. The molecule has 1 fully saturated rings. The van der Waals surface area contributed by atoms with Crippen molar-refractivity contribution in [1.29, 1.82) is 0 Å². The second-order valence-electron chi connectivity index (χ2n) is 13.5. The van der Waals surface area contributed by atoms with Gasteiger partial charge in [-0.15, -0.1) is 0 Å². The van der Waals surface area contributed by atoms with E-state index in [0.29, 0.717) is 18.3 Å². The molecule has 0 bridgehead atoms. The number of hydrogen-bond acceptors (Lipinski definition) is 14. The van der Waals surface area contributed by atoms with Gasteiger partial charge in [0.1, 0.15) is 35.6 Å². The minimum absolute atomic E-state index is 0.00316. The molecule has 0 radical (unpaired) electrons. The molecule has 0 aromatic heterocycles. The minimum atomic E-state index is -1.82. The fourth-order valence-corrected chi connectivity index (χ4v) is 7.08. The number of hydrogen-bond donors (Lipinski definition) is 7. The van der Waals surface area contributed by atoms with E-state index in [4.69, 9.17) is 14.2 Å². The Balaban J connectivity index is 1.57. The Morgan fingerprint density at radius 1 is 0.804 bits per heavy atom. The molecular formula is C42H40O14. The molecule has 4 aromatic rings. The molecule has 5 atom stereocenters. The van der Waals surface area contributed by atoms with Crippen LogP contribution in [0.4, 0.5) is 0 Å². The van der Waals surface area contributed by atoms with Gasteiger partial charge in [0.25, 0.3) is 0 Å². The van der Waals surface area contributed by atoms with Crippen LogP contribution in [0.5, 0.6) is 17.2 Å². The van der Waals surface area contributed by atoms with E-state index in [2.05, 4.69) is 0 Å². The molecule has 6 rings (SSSR count). The molecule has 7 N–H and O–H groups in total. The number of ketones is 2. The number of rotatable bonds is 12. The number of phenols is 1. The topological polar surface area (TPSA) is 238 Å². The van der Waals surface area contributed by atoms with E-state index < -0.39 is 72.8 Å². The zero-order valence-corrected chi connectivity index (χ0v) is 30.3. The average molecular weight is 769 g/mol. The quantitative estimate of drug-likeness (QED) is 0.0418. The van der Waals surface area contributed by atoms with Crippen molar-refractivity contribution in [3.8, 4) is 17.2 Å². The summed E-state index contributed by atoms with van der Waals surface area (Å²) in [5, 5.41) is 73.4. The zero-order chi connectivity index (χ0) is 40.4. The molecule has 4 aromatic carbocycles. The van der Waals surface area contributed by atoms with E-state index in [9.17, 15) is 54.9 Å². The monoisotopic (exact) mass is 768 g/mol. The summed E-state index contributed by atoms with van der Waals surface area (Å²) < 4.78 is 17.2. The predicted octanol–water partition coefficient (Wildman–Crippen LogP) is 2.39. The van der Waals surface area contributed by atoms with Gasteiger partial charge in [0, 0.05) is 53.3 Å². The standard InChI is InChI=1S/C42H40O14/c1-20-36(48)40(52)41(53)42(54-20)56-32-16-29-35(37(49)28(32)14-24-7-4-8-25(17-44)30(24)19-46)39(51)33-26(18-45)15-31(55-21(2)47)27(34(33)38(29)50)10-9-22-5-3-6-23(13-22)11-12-43/h3-10,13,15-16,19-20,36,40-45,48-49,52-53H,11-12,14,17-18H2,1-2H3/t20-,36-,40-,41-,42-/m1/s1. The van der Waals surface area contributed by atoms with Crippen molar-refractivity contribution in [2.24, 2.45) is 0 Å². The van der Waals surface area contributed by atoms with Crippen molar-refractivity contribution >= 4 is 36.0 Å². The van der Waals surface area contributed by atoms with Gasteiger partial charge in [0.05, 0.1) is 24.9 Å².